The molecule has 10 atom stereocenters. The van der Waals surface area contributed by atoms with Crippen LogP contribution >= 0.6 is 0 Å². The molecule has 5 aliphatic rings. The molecule has 0 aromatic rings. The molecule has 34 heavy (non-hydrogen) atoms. The number of hydrogen-bond acceptors (Lipinski definition) is 3. The molecule has 5 saturated carbocycles. The van der Waals surface area contributed by atoms with Crippen molar-refractivity contribution in [1.82, 2.24) is 0 Å². The Morgan fingerprint density at radius 3 is 2.44 bits per heavy atom. The van der Waals surface area contributed by atoms with E-state index in [1.807, 2.05) is 13.8 Å². The summed E-state index contributed by atoms with van der Waals surface area (Å²) >= 11 is 0. The highest BCUT2D eigenvalue weighted by Crippen LogP contribution is 2.88. The van der Waals surface area contributed by atoms with Gasteiger partial charge in [-0.2, -0.15) is 0 Å². The third-order valence-corrected chi connectivity index (χ3v) is 13.6. The van der Waals surface area contributed by atoms with E-state index in [4.69, 9.17) is 0 Å². The number of rotatable bonds is 5. The third-order valence-electron chi connectivity index (χ3n) is 13.6. The molecule has 2 spiro atoms. The van der Waals surface area contributed by atoms with Crippen LogP contribution in [-0.2, 0) is 4.79 Å². The van der Waals surface area contributed by atoms with Crippen molar-refractivity contribution < 1.29 is 15.0 Å². The van der Waals surface area contributed by atoms with Gasteiger partial charge in [0, 0.05) is 11.8 Å². The molecular weight excluding hydrogens is 420 g/mol. The van der Waals surface area contributed by atoms with E-state index >= 15 is 0 Å². The van der Waals surface area contributed by atoms with Crippen molar-refractivity contribution in [3.8, 4) is 0 Å². The fourth-order valence-corrected chi connectivity index (χ4v) is 11.0. The molecule has 0 aromatic carbocycles. The molecule has 5 rings (SSSR count). The Balaban J connectivity index is 1.42. The Morgan fingerprint density at radius 2 is 1.79 bits per heavy atom. The summed E-state index contributed by atoms with van der Waals surface area (Å²) in [7, 11) is 0. The van der Waals surface area contributed by atoms with Crippen LogP contribution in [0, 0.1) is 50.7 Å². The van der Waals surface area contributed by atoms with Crippen LogP contribution in [0.4, 0.5) is 0 Å². The molecule has 0 heterocycles. The first kappa shape index (κ1) is 25.0. The Labute approximate surface area is 208 Å². The van der Waals surface area contributed by atoms with E-state index in [1.54, 1.807) is 0 Å². The van der Waals surface area contributed by atoms with Crippen molar-refractivity contribution in [2.45, 2.75) is 124 Å². The number of hydrogen-bond donors (Lipinski definition) is 2. The van der Waals surface area contributed by atoms with E-state index in [0.717, 1.165) is 37.7 Å². The molecule has 5 aliphatic carbocycles. The van der Waals surface area contributed by atoms with Gasteiger partial charge in [0.15, 0.2) is 0 Å². The van der Waals surface area contributed by atoms with Gasteiger partial charge in [-0.25, -0.2) is 0 Å². The first-order valence-corrected chi connectivity index (χ1v) is 14.2. The van der Waals surface area contributed by atoms with Gasteiger partial charge in [0.25, 0.3) is 0 Å². The van der Waals surface area contributed by atoms with Gasteiger partial charge in [-0.1, -0.05) is 41.2 Å². The molecule has 3 heteroatoms. The Kier molecular flexibility index (Phi) is 5.30. The van der Waals surface area contributed by atoms with Crippen LogP contribution in [-0.4, -0.2) is 27.7 Å². The maximum absolute atomic E-state index is 12.9. The predicted octanol–water partition coefficient (Wildman–Crippen LogP) is 6.71. The van der Waals surface area contributed by atoms with Crippen LogP contribution in [0.3, 0.4) is 0 Å². The highest BCUT2D eigenvalue weighted by molar-refractivity contribution is 5.86. The molecular formula is C31H50O3. The number of carbonyl (C=O) groups is 1. The first-order chi connectivity index (χ1) is 15.6. The summed E-state index contributed by atoms with van der Waals surface area (Å²) < 4.78 is 0. The van der Waals surface area contributed by atoms with E-state index < -0.39 is 5.60 Å². The van der Waals surface area contributed by atoms with Gasteiger partial charge in [-0.3, -0.25) is 4.79 Å². The molecule has 0 amide bonds. The highest BCUT2D eigenvalue weighted by Gasteiger charge is 2.83. The minimum Gasteiger partial charge on any atom is -0.393 e. The van der Waals surface area contributed by atoms with Crippen LogP contribution in [0.5, 0.6) is 0 Å². The fourth-order valence-electron chi connectivity index (χ4n) is 11.0. The van der Waals surface area contributed by atoms with E-state index in [-0.39, 0.29) is 27.8 Å². The fraction of sp³-hybridized carbons (Fsp3) is 0.903. The van der Waals surface area contributed by atoms with E-state index in [9.17, 15) is 15.0 Å². The normalized spacial score (nSPS) is 51.4. The second-order valence-corrected chi connectivity index (χ2v) is 15.0. The average molecular weight is 471 g/mol. The standard InChI is InChI=1S/C31H50O3/c1-19(2)29(8,34)13-9-20(3)21-10-12-28(7)25-22(32)17-23-26(4,5)24(33)11-14-30(23)18-31(25,30)16-15-27(21,28)6/h20-23,25,32,34H,1,9-18H2,2-8H3/t20-,21-,22+,23+,25+,27-,28+,29?,30-,31+/m1/s1. The van der Waals surface area contributed by atoms with Gasteiger partial charge < -0.3 is 10.2 Å². The largest absolute Gasteiger partial charge is 0.393 e. The van der Waals surface area contributed by atoms with Crippen molar-refractivity contribution in [2.24, 2.45) is 50.7 Å². The van der Waals surface area contributed by atoms with Gasteiger partial charge in [0.2, 0.25) is 0 Å². The molecule has 0 radical (unpaired) electrons. The van der Waals surface area contributed by atoms with Crippen molar-refractivity contribution in [2.75, 3.05) is 0 Å². The third kappa shape index (κ3) is 2.86. The van der Waals surface area contributed by atoms with Crippen LogP contribution in [0.25, 0.3) is 0 Å². The van der Waals surface area contributed by atoms with E-state index in [0.29, 0.717) is 34.9 Å². The number of ketones is 1. The smallest absolute Gasteiger partial charge is 0.138 e. The molecule has 0 bridgehead atoms. The highest BCUT2D eigenvalue weighted by atomic mass is 16.3. The molecule has 1 unspecified atom stereocenters. The monoisotopic (exact) mass is 470 g/mol. The second kappa shape index (κ2) is 7.21. The number of fused-ring (bicyclic) bond motifs is 2. The van der Waals surface area contributed by atoms with Crippen LogP contribution in [0.2, 0.25) is 0 Å². The summed E-state index contributed by atoms with van der Waals surface area (Å²) in [5, 5.41) is 22.6. The topological polar surface area (TPSA) is 57.5 Å². The lowest BCUT2D eigenvalue weighted by Gasteiger charge is -2.64. The SMILES string of the molecule is C=C(C)C(C)(O)CC[C@@H](C)[C@H]1CC[C@@]2(C)[C@@H]3[C@@H](O)C[C@H]4C(C)(C)C(=O)CC[C@@]45C[C@@]35CC[C@]12C. The average Bonchev–Trinajstić information content (AvgIpc) is 3.31. The predicted molar refractivity (Wildman–Crippen MR) is 137 cm³/mol. The van der Waals surface area contributed by atoms with Crippen molar-refractivity contribution >= 4 is 5.78 Å². The zero-order valence-corrected chi connectivity index (χ0v) is 23.0. The first-order valence-electron chi connectivity index (χ1n) is 14.2. The van der Waals surface area contributed by atoms with Gasteiger partial charge in [-0.15, -0.1) is 0 Å². The summed E-state index contributed by atoms with van der Waals surface area (Å²) in [6.07, 6.45) is 10.3. The maximum Gasteiger partial charge on any atom is 0.138 e. The second-order valence-electron chi connectivity index (χ2n) is 15.0. The van der Waals surface area contributed by atoms with Gasteiger partial charge in [0.05, 0.1) is 11.7 Å². The number of Topliss-reactive ketones (excluding diaryl/α,β-unsaturated/α-hetero) is 1. The van der Waals surface area contributed by atoms with E-state index in [2.05, 4.69) is 41.2 Å². The number of carbonyl (C=O) groups excluding carboxylic acids is 1. The zero-order valence-electron chi connectivity index (χ0n) is 23.0. The van der Waals surface area contributed by atoms with Crippen molar-refractivity contribution in [3.05, 3.63) is 12.2 Å². The van der Waals surface area contributed by atoms with Crippen molar-refractivity contribution in [3.63, 3.8) is 0 Å². The summed E-state index contributed by atoms with van der Waals surface area (Å²) in [6, 6.07) is 0. The van der Waals surface area contributed by atoms with Gasteiger partial charge >= 0.3 is 0 Å². The molecule has 0 saturated heterocycles. The quantitative estimate of drug-likeness (QED) is 0.439. The summed E-state index contributed by atoms with van der Waals surface area (Å²) in [4.78, 5) is 12.9. The summed E-state index contributed by atoms with van der Waals surface area (Å²) in [6.45, 7) is 19.7. The minimum absolute atomic E-state index is 0.153. The van der Waals surface area contributed by atoms with E-state index in [1.165, 1.54) is 32.1 Å². The van der Waals surface area contributed by atoms with Crippen LogP contribution in [0.1, 0.15) is 113 Å². The minimum atomic E-state index is -0.784. The lowest BCUT2D eigenvalue weighted by atomic mass is 9.41. The van der Waals surface area contributed by atoms with Gasteiger partial charge in [-0.05, 0) is 123 Å². The van der Waals surface area contributed by atoms with Crippen LogP contribution < -0.4 is 0 Å². The summed E-state index contributed by atoms with van der Waals surface area (Å²) in [5.74, 6) is 2.33. The number of aliphatic hydroxyl groups is 2. The van der Waals surface area contributed by atoms with Crippen LogP contribution in [0.15, 0.2) is 12.2 Å². The molecule has 5 fully saturated rings. The Morgan fingerprint density at radius 1 is 1.12 bits per heavy atom. The van der Waals surface area contributed by atoms with Crippen molar-refractivity contribution in [1.29, 1.82) is 0 Å². The maximum atomic E-state index is 12.9. The lowest BCUT2D eigenvalue weighted by Crippen LogP contribution is -2.61. The Bertz CT molecular complexity index is 902. The lowest BCUT2D eigenvalue weighted by molar-refractivity contribution is -0.189. The molecule has 0 aromatic heterocycles. The summed E-state index contributed by atoms with van der Waals surface area (Å²) in [5.41, 5.74) is 0.715. The molecule has 2 N–H and O–H groups in total. The molecule has 0 aliphatic heterocycles. The number of aliphatic hydroxyl groups excluding tert-OH is 1. The Hall–Kier alpha value is -0.670. The van der Waals surface area contributed by atoms with Gasteiger partial charge in [0.1, 0.15) is 5.78 Å². The zero-order chi connectivity index (χ0) is 25.1. The molecule has 3 nitrogen and oxygen atoms in total. The molecule has 192 valence electrons.